The molecule has 0 fully saturated rings. The minimum atomic E-state index is -3.42. The largest absolute Gasteiger partial charge is 0.508 e. The van der Waals surface area contributed by atoms with Gasteiger partial charge < -0.3 is 15.3 Å². The summed E-state index contributed by atoms with van der Waals surface area (Å²) in [4.78, 5) is 0. The molecule has 1 aliphatic heterocycles. The smallest absolute Gasteiger partial charge is 0.163 e. The number of allylic oxidation sites excluding steroid dienone is 1. The number of phenols is 1. The molecule has 0 radical (unpaired) electrons. The number of sulfone groups is 1. The van der Waals surface area contributed by atoms with E-state index in [9.17, 15) is 23.7 Å². The van der Waals surface area contributed by atoms with Crippen molar-refractivity contribution >= 4 is 15.9 Å². The number of rotatable bonds is 9. The second-order valence-electron chi connectivity index (χ2n) is 7.09. The highest BCUT2D eigenvalue weighted by Crippen LogP contribution is 2.33. The molecule has 0 aliphatic carbocycles. The molecule has 0 aromatic heterocycles. The molecule has 0 amide bonds. The summed E-state index contributed by atoms with van der Waals surface area (Å²) >= 11 is 0. The van der Waals surface area contributed by atoms with Crippen molar-refractivity contribution in [3.63, 3.8) is 0 Å². The fourth-order valence-electron chi connectivity index (χ4n) is 3.73. The van der Waals surface area contributed by atoms with E-state index in [0.29, 0.717) is 24.8 Å². The van der Waals surface area contributed by atoms with Crippen LogP contribution < -0.4 is 0 Å². The predicted molar refractivity (Wildman–Crippen MR) is 108 cm³/mol. The van der Waals surface area contributed by atoms with Crippen molar-refractivity contribution in [3.8, 4) is 5.75 Å². The zero-order valence-electron chi connectivity index (χ0n) is 16.1. The van der Waals surface area contributed by atoms with Gasteiger partial charge in [0.25, 0.3) is 0 Å². The van der Waals surface area contributed by atoms with Crippen molar-refractivity contribution < 1.29 is 23.7 Å². The molecular formula is C21H30O5S. The molecule has 2 atom stereocenters. The van der Waals surface area contributed by atoms with E-state index in [1.54, 1.807) is 18.2 Å². The Kier molecular flexibility index (Phi) is 7.65. The molecular weight excluding hydrogens is 364 g/mol. The van der Waals surface area contributed by atoms with Crippen LogP contribution in [0.4, 0.5) is 0 Å². The number of benzene rings is 1. The van der Waals surface area contributed by atoms with Crippen LogP contribution in [0.1, 0.15) is 51.5 Å². The van der Waals surface area contributed by atoms with E-state index in [-0.39, 0.29) is 11.5 Å². The Morgan fingerprint density at radius 1 is 1.30 bits per heavy atom. The number of aliphatic hydroxyl groups is 2. The summed E-state index contributed by atoms with van der Waals surface area (Å²) in [6.07, 6.45) is 4.56. The zero-order valence-corrected chi connectivity index (χ0v) is 16.9. The highest BCUT2D eigenvalue weighted by Gasteiger charge is 2.40. The molecule has 3 N–H and O–H groups in total. The van der Waals surface area contributed by atoms with E-state index >= 15 is 0 Å². The van der Waals surface area contributed by atoms with E-state index in [4.69, 9.17) is 0 Å². The second-order valence-corrected chi connectivity index (χ2v) is 9.28. The summed E-state index contributed by atoms with van der Waals surface area (Å²) in [5.41, 5.74) is 3.27. The topological polar surface area (TPSA) is 94.8 Å². The summed E-state index contributed by atoms with van der Waals surface area (Å²) in [5.74, 6) is 0.140. The van der Waals surface area contributed by atoms with Gasteiger partial charge in [0, 0.05) is 0 Å². The first-order chi connectivity index (χ1) is 12.8. The van der Waals surface area contributed by atoms with Crippen LogP contribution in [-0.4, -0.2) is 47.5 Å². The van der Waals surface area contributed by atoms with Gasteiger partial charge in [-0.25, -0.2) is 8.42 Å². The van der Waals surface area contributed by atoms with Crippen LogP contribution in [-0.2, 0) is 9.84 Å². The van der Waals surface area contributed by atoms with Gasteiger partial charge in [-0.2, -0.15) is 0 Å². The van der Waals surface area contributed by atoms with Crippen molar-refractivity contribution in [2.75, 3.05) is 12.4 Å². The first-order valence-corrected chi connectivity index (χ1v) is 11.2. The standard InChI is InChI=1S/C21H30O5S/c1-3-6-15(11-16-7-5-8-18(23)12-16)9-10-19(24)21-17(4-2)14-27(25,26)20(21)13-22/h5,7-8,11-12,19-20,22-24H,3-4,6,9-10,13-14H2,1-2H3/b15-11+/t19-,20+/m1/s1. The second kappa shape index (κ2) is 9.53. The van der Waals surface area contributed by atoms with E-state index in [1.807, 2.05) is 19.1 Å². The van der Waals surface area contributed by atoms with E-state index in [2.05, 4.69) is 6.92 Å². The molecule has 150 valence electrons. The van der Waals surface area contributed by atoms with Crippen molar-refractivity contribution in [1.82, 2.24) is 0 Å². The third kappa shape index (κ3) is 5.43. The predicted octanol–water partition coefficient (Wildman–Crippen LogP) is 3.21. The van der Waals surface area contributed by atoms with Gasteiger partial charge >= 0.3 is 0 Å². The van der Waals surface area contributed by atoms with Gasteiger partial charge in [0.05, 0.1) is 18.5 Å². The first-order valence-electron chi connectivity index (χ1n) is 9.53. The molecule has 27 heavy (non-hydrogen) atoms. The van der Waals surface area contributed by atoms with Crippen molar-refractivity contribution in [1.29, 1.82) is 0 Å². The van der Waals surface area contributed by atoms with Crippen molar-refractivity contribution in [3.05, 3.63) is 46.5 Å². The number of hydrogen-bond donors (Lipinski definition) is 3. The van der Waals surface area contributed by atoms with E-state index in [0.717, 1.165) is 29.6 Å². The number of hydrogen-bond acceptors (Lipinski definition) is 5. The first kappa shape index (κ1) is 21.7. The lowest BCUT2D eigenvalue weighted by molar-refractivity contribution is 0.188. The lowest BCUT2D eigenvalue weighted by atomic mass is 9.93. The van der Waals surface area contributed by atoms with Crippen LogP contribution >= 0.6 is 0 Å². The molecule has 2 rings (SSSR count). The molecule has 1 aromatic carbocycles. The van der Waals surface area contributed by atoms with E-state index < -0.39 is 27.8 Å². The maximum absolute atomic E-state index is 12.2. The Morgan fingerprint density at radius 3 is 2.63 bits per heavy atom. The molecule has 6 heteroatoms. The number of aromatic hydroxyl groups is 1. The van der Waals surface area contributed by atoms with Crippen LogP contribution in [0.3, 0.4) is 0 Å². The van der Waals surface area contributed by atoms with Gasteiger partial charge in [0.1, 0.15) is 11.0 Å². The molecule has 1 aliphatic rings. The van der Waals surface area contributed by atoms with Gasteiger partial charge in [-0.3, -0.25) is 0 Å². The summed E-state index contributed by atoms with van der Waals surface area (Å²) in [7, 11) is -3.42. The highest BCUT2D eigenvalue weighted by atomic mass is 32.2. The average Bonchev–Trinajstić information content (AvgIpc) is 2.89. The van der Waals surface area contributed by atoms with Crippen molar-refractivity contribution in [2.24, 2.45) is 0 Å². The Hall–Kier alpha value is -1.63. The van der Waals surface area contributed by atoms with Crippen molar-refractivity contribution in [2.45, 2.75) is 57.3 Å². The third-order valence-electron chi connectivity index (χ3n) is 5.07. The third-order valence-corrected chi connectivity index (χ3v) is 7.09. The summed E-state index contributed by atoms with van der Waals surface area (Å²) in [6.45, 7) is 3.47. The van der Waals surface area contributed by atoms with Crippen LogP contribution in [0.5, 0.6) is 5.75 Å². The molecule has 0 bridgehead atoms. The number of aliphatic hydroxyl groups excluding tert-OH is 2. The minimum Gasteiger partial charge on any atom is -0.508 e. The molecule has 1 aromatic rings. The fourth-order valence-corrected chi connectivity index (χ4v) is 5.73. The van der Waals surface area contributed by atoms with Gasteiger partial charge in [-0.15, -0.1) is 0 Å². The maximum atomic E-state index is 12.2. The Balaban J connectivity index is 2.16. The Morgan fingerprint density at radius 2 is 2.04 bits per heavy atom. The van der Waals surface area contributed by atoms with Gasteiger partial charge in [0.15, 0.2) is 9.84 Å². The normalized spacial score (nSPS) is 20.9. The maximum Gasteiger partial charge on any atom is 0.163 e. The average molecular weight is 395 g/mol. The Labute approximate surface area is 162 Å². The molecule has 0 saturated carbocycles. The van der Waals surface area contributed by atoms with Gasteiger partial charge in [-0.1, -0.05) is 49.6 Å². The van der Waals surface area contributed by atoms with Crippen LogP contribution in [0.15, 0.2) is 41.0 Å². The van der Waals surface area contributed by atoms with Crippen LogP contribution in [0, 0.1) is 0 Å². The molecule has 1 heterocycles. The summed E-state index contributed by atoms with van der Waals surface area (Å²) in [5, 5.41) is 28.9. The van der Waals surface area contributed by atoms with Crippen LogP contribution in [0.25, 0.3) is 6.08 Å². The summed E-state index contributed by atoms with van der Waals surface area (Å²) < 4.78 is 24.5. The SMILES string of the molecule is CCC/C(=C\c1cccc(O)c1)CC[C@@H](O)C1=C(CC)CS(=O)(=O)[C@H]1CO. The lowest BCUT2D eigenvalue weighted by Gasteiger charge is -2.19. The van der Waals surface area contributed by atoms with Gasteiger partial charge in [0.2, 0.25) is 0 Å². The minimum absolute atomic E-state index is 0.0674. The zero-order chi connectivity index (χ0) is 20.0. The molecule has 5 nitrogen and oxygen atoms in total. The molecule has 0 saturated heterocycles. The van der Waals surface area contributed by atoms with Gasteiger partial charge in [-0.05, 0) is 49.0 Å². The number of phenolic OH excluding ortho intramolecular Hbond substituents is 1. The monoisotopic (exact) mass is 394 g/mol. The Bertz CT molecular complexity index is 808. The lowest BCUT2D eigenvalue weighted by Crippen LogP contribution is -2.29. The van der Waals surface area contributed by atoms with Crippen LogP contribution in [0.2, 0.25) is 0 Å². The molecule has 0 spiro atoms. The highest BCUT2D eigenvalue weighted by molar-refractivity contribution is 7.92. The molecule has 0 unspecified atom stereocenters. The van der Waals surface area contributed by atoms with E-state index in [1.165, 1.54) is 0 Å². The summed E-state index contributed by atoms with van der Waals surface area (Å²) in [6, 6.07) is 7.01. The quantitative estimate of drug-likeness (QED) is 0.559. The fraction of sp³-hybridized carbons (Fsp3) is 0.524.